The van der Waals surface area contributed by atoms with Gasteiger partial charge in [-0.15, -0.1) is 0 Å². The molecule has 1 rings (SSSR count). The van der Waals surface area contributed by atoms with Gasteiger partial charge in [-0.25, -0.2) is 4.79 Å². The molecule has 1 aromatic rings. The first-order valence-electron chi connectivity index (χ1n) is 4.75. The van der Waals surface area contributed by atoms with Crippen LogP contribution in [0.5, 0.6) is 0 Å². The van der Waals surface area contributed by atoms with Gasteiger partial charge in [0.1, 0.15) is 0 Å². The minimum Gasteiger partial charge on any atom is -0.472 e. The molecule has 15 heavy (non-hydrogen) atoms. The van der Waals surface area contributed by atoms with E-state index in [1.807, 2.05) is 24.3 Å². The number of hydrogen-bond donors (Lipinski definition) is 1. The molecule has 0 aliphatic carbocycles. The van der Waals surface area contributed by atoms with E-state index in [0.29, 0.717) is 0 Å². The van der Waals surface area contributed by atoms with Crippen molar-refractivity contribution in [1.82, 2.24) is 0 Å². The minimum absolute atomic E-state index is 0.0565. The van der Waals surface area contributed by atoms with Crippen LogP contribution in [0.25, 0.3) is 0 Å². The van der Waals surface area contributed by atoms with Crippen LogP contribution in [-0.4, -0.2) is 11.1 Å². The molecule has 0 saturated heterocycles. The zero-order valence-corrected chi connectivity index (χ0v) is 9.16. The smallest absolute Gasteiger partial charge is 0.382 e. The van der Waals surface area contributed by atoms with Crippen LogP contribution in [0.3, 0.4) is 0 Å². The van der Waals surface area contributed by atoms with Gasteiger partial charge >= 0.3 is 5.97 Å². The summed E-state index contributed by atoms with van der Waals surface area (Å²) < 4.78 is 0. The Morgan fingerprint density at radius 1 is 1.33 bits per heavy atom. The molecule has 0 unspecified atom stereocenters. The van der Waals surface area contributed by atoms with Gasteiger partial charge < -0.3 is 5.11 Å². The first-order chi connectivity index (χ1) is 6.89. The van der Waals surface area contributed by atoms with Crippen molar-refractivity contribution in [1.29, 1.82) is 0 Å². The maximum atomic E-state index is 10.3. The lowest BCUT2D eigenvalue weighted by atomic mass is 9.86. The summed E-state index contributed by atoms with van der Waals surface area (Å²) in [6.07, 6.45) is 0. The fourth-order valence-electron chi connectivity index (χ4n) is 1.19. The minimum atomic E-state index is -1.10. The van der Waals surface area contributed by atoms with Crippen LogP contribution in [-0.2, 0) is 10.2 Å². The van der Waals surface area contributed by atoms with Crippen molar-refractivity contribution in [3.8, 4) is 11.8 Å². The molecular weight excluding hydrogens is 188 g/mol. The highest BCUT2D eigenvalue weighted by atomic mass is 16.4. The van der Waals surface area contributed by atoms with E-state index < -0.39 is 5.97 Å². The number of carbonyl (C=O) groups is 1. The van der Waals surface area contributed by atoms with E-state index in [1.165, 1.54) is 0 Å². The van der Waals surface area contributed by atoms with Crippen LogP contribution in [0.15, 0.2) is 24.3 Å². The second kappa shape index (κ2) is 4.18. The fraction of sp³-hybridized carbons (Fsp3) is 0.308. The van der Waals surface area contributed by atoms with Gasteiger partial charge in [0.15, 0.2) is 0 Å². The van der Waals surface area contributed by atoms with Crippen molar-refractivity contribution in [3.63, 3.8) is 0 Å². The second-order valence-corrected chi connectivity index (χ2v) is 4.39. The summed E-state index contributed by atoms with van der Waals surface area (Å²) in [5, 5.41) is 8.43. The lowest BCUT2D eigenvalue weighted by Gasteiger charge is -2.18. The molecule has 0 aromatic heterocycles. The number of aliphatic carboxylic acids is 1. The van der Waals surface area contributed by atoms with Crippen LogP contribution >= 0.6 is 0 Å². The first kappa shape index (κ1) is 11.3. The summed E-state index contributed by atoms with van der Waals surface area (Å²) in [5.41, 5.74) is 1.95. The molecule has 78 valence electrons. The van der Waals surface area contributed by atoms with Gasteiger partial charge in [0.25, 0.3) is 0 Å². The van der Waals surface area contributed by atoms with Crippen molar-refractivity contribution in [2.75, 3.05) is 0 Å². The molecule has 0 fully saturated rings. The van der Waals surface area contributed by atoms with Crippen molar-refractivity contribution in [3.05, 3.63) is 35.4 Å². The van der Waals surface area contributed by atoms with E-state index in [9.17, 15) is 4.79 Å². The number of hydrogen-bond acceptors (Lipinski definition) is 1. The molecule has 0 heterocycles. The Kier molecular flexibility index (Phi) is 3.16. The third-order valence-electron chi connectivity index (χ3n) is 2.04. The van der Waals surface area contributed by atoms with E-state index in [-0.39, 0.29) is 5.41 Å². The lowest BCUT2D eigenvalue weighted by molar-refractivity contribution is -0.130. The normalized spacial score (nSPS) is 10.3. The number of carboxylic acid groups (broad SMARTS) is 1. The third kappa shape index (κ3) is 3.47. The summed E-state index contributed by atoms with van der Waals surface area (Å²) in [6.45, 7) is 6.32. The van der Waals surface area contributed by atoms with E-state index in [1.54, 1.807) is 0 Å². The Balaban J connectivity index is 3.05. The predicted octanol–water partition coefficient (Wildman–Crippen LogP) is 2.42. The van der Waals surface area contributed by atoms with Crippen molar-refractivity contribution >= 4 is 5.97 Å². The molecule has 0 amide bonds. The summed E-state index contributed by atoms with van der Waals surface area (Å²) in [7, 11) is 0. The molecule has 1 aromatic carbocycles. The Labute approximate surface area is 89.9 Å². The summed E-state index contributed by atoms with van der Waals surface area (Å²) in [4.78, 5) is 10.3. The highest BCUT2D eigenvalue weighted by molar-refractivity contribution is 5.87. The highest BCUT2D eigenvalue weighted by Gasteiger charge is 2.12. The van der Waals surface area contributed by atoms with Crippen LogP contribution in [0.1, 0.15) is 31.9 Å². The molecule has 0 saturated carbocycles. The van der Waals surface area contributed by atoms with E-state index in [4.69, 9.17) is 5.11 Å². The lowest BCUT2D eigenvalue weighted by Crippen LogP contribution is -2.10. The molecule has 0 bridgehead atoms. The Morgan fingerprint density at radius 3 is 2.53 bits per heavy atom. The third-order valence-corrected chi connectivity index (χ3v) is 2.04. The second-order valence-electron chi connectivity index (χ2n) is 4.39. The summed E-state index contributed by atoms with van der Waals surface area (Å²) >= 11 is 0. The van der Waals surface area contributed by atoms with Crippen LogP contribution < -0.4 is 0 Å². The average molecular weight is 202 g/mol. The first-order valence-corrected chi connectivity index (χ1v) is 4.75. The van der Waals surface area contributed by atoms with Crippen molar-refractivity contribution in [2.45, 2.75) is 26.2 Å². The highest BCUT2D eigenvalue weighted by Crippen LogP contribution is 2.22. The number of rotatable bonds is 0. The Morgan fingerprint density at radius 2 is 2.00 bits per heavy atom. The molecule has 1 N–H and O–H groups in total. The number of benzene rings is 1. The summed E-state index contributed by atoms with van der Waals surface area (Å²) in [5.74, 6) is 3.61. The van der Waals surface area contributed by atoms with Gasteiger partial charge in [-0.2, -0.15) is 0 Å². The van der Waals surface area contributed by atoms with Gasteiger partial charge in [-0.1, -0.05) is 38.8 Å². The Hall–Kier alpha value is -1.75. The maximum Gasteiger partial charge on any atom is 0.382 e. The van der Waals surface area contributed by atoms with Crippen molar-refractivity contribution in [2.24, 2.45) is 0 Å². The number of carboxylic acids is 1. The maximum absolute atomic E-state index is 10.3. The van der Waals surface area contributed by atoms with Gasteiger partial charge in [0, 0.05) is 11.5 Å². The van der Waals surface area contributed by atoms with E-state index in [2.05, 4.69) is 32.6 Å². The van der Waals surface area contributed by atoms with E-state index in [0.717, 1.165) is 11.1 Å². The zero-order chi connectivity index (χ0) is 11.5. The van der Waals surface area contributed by atoms with Gasteiger partial charge in [-0.3, -0.25) is 0 Å². The van der Waals surface area contributed by atoms with Gasteiger partial charge in [0.2, 0.25) is 0 Å². The van der Waals surface area contributed by atoms with Gasteiger partial charge in [0.05, 0.1) is 0 Å². The summed E-state index contributed by atoms with van der Waals surface area (Å²) in [6, 6.07) is 7.65. The van der Waals surface area contributed by atoms with Crippen LogP contribution in [0, 0.1) is 11.8 Å². The fourth-order valence-corrected chi connectivity index (χ4v) is 1.19. The monoisotopic (exact) mass is 202 g/mol. The quantitative estimate of drug-likeness (QED) is 0.656. The molecule has 0 atom stereocenters. The predicted molar refractivity (Wildman–Crippen MR) is 59.7 cm³/mol. The standard InChI is InChI=1S/C13H14O2/c1-13(2,3)11-6-4-5-10(9-11)7-8-12(14)15/h4-6,9H,1-3H3,(H,14,15). The van der Waals surface area contributed by atoms with E-state index >= 15 is 0 Å². The average Bonchev–Trinajstić information content (AvgIpc) is 2.14. The molecule has 0 aliphatic heterocycles. The van der Waals surface area contributed by atoms with Crippen LogP contribution in [0.2, 0.25) is 0 Å². The van der Waals surface area contributed by atoms with Gasteiger partial charge in [-0.05, 0) is 23.1 Å². The topological polar surface area (TPSA) is 37.3 Å². The largest absolute Gasteiger partial charge is 0.472 e. The molecule has 0 spiro atoms. The molecule has 0 aliphatic rings. The van der Waals surface area contributed by atoms with Crippen LogP contribution in [0.4, 0.5) is 0 Å². The Bertz CT molecular complexity index is 428. The van der Waals surface area contributed by atoms with Crippen molar-refractivity contribution < 1.29 is 9.90 Å². The zero-order valence-electron chi connectivity index (χ0n) is 9.16. The SMILES string of the molecule is CC(C)(C)c1cccc(C#CC(=O)O)c1. The molecule has 2 nitrogen and oxygen atoms in total. The molecule has 2 heteroatoms. The molecule has 0 radical (unpaired) electrons. The molecular formula is C13H14O2.